The Bertz CT molecular complexity index is 682. The number of nitrogens with two attached hydrogens (primary N) is 2. The predicted molar refractivity (Wildman–Crippen MR) is 59.4 cm³/mol. The summed E-state index contributed by atoms with van der Waals surface area (Å²) in [4.78, 5) is 3.93. The zero-order valence-corrected chi connectivity index (χ0v) is 9.24. The van der Waals surface area contributed by atoms with E-state index in [1.807, 2.05) is 0 Å². The smallest absolute Gasteiger partial charge is 0.212 e. The molecule has 0 fully saturated rings. The zero-order chi connectivity index (χ0) is 13.3. The van der Waals surface area contributed by atoms with Gasteiger partial charge in [0.05, 0.1) is 12.8 Å². The van der Waals surface area contributed by atoms with Gasteiger partial charge >= 0.3 is 0 Å². The van der Waals surface area contributed by atoms with Crippen LogP contribution in [0, 0.1) is 5.41 Å². The predicted octanol–water partition coefficient (Wildman–Crippen LogP) is -0.898. The fourth-order valence-electron chi connectivity index (χ4n) is 1.34. The second-order valence-electron chi connectivity index (χ2n) is 3.46. The first-order valence-corrected chi connectivity index (χ1v) is 4.91. The Morgan fingerprint density at radius 2 is 1.94 bits per heavy atom. The molecule has 2 rings (SSSR count). The highest BCUT2D eigenvalue weighted by Gasteiger charge is 2.10. The molecule has 0 radical (unpaired) electrons. The van der Waals surface area contributed by atoms with E-state index >= 15 is 0 Å². The van der Waals surface area contributed by atoms with Crippen molar-refractivity contribution >= 4 is 11.6 Å². The maximum absolute atomic E-state index is 9.66. The Hall–Kier alpha value is -2.84. The molecule has 0 aliphatic rings. The van der Waals surface area contributed by atoms with E-state index in [4.69, 9.17) is 21.3 Å². The topological polar surface area (TPSA) is 152 Å². The van der Waals surface area contributed by atoms with Crippen molar-refractivity contribution in [3.8, 4) is 0 Å². The van der Waals surface area contributed by atoms with Gasteiger partial charge in [0.25, 0.3) is 0 Å². The number of furan rings is 1. The average molecular weight is 252 g/mol. The Balaban J connectivity index is 2.58. The van der Waals surface area contributed by atoms with Crippen LogP contribution in [0.4, 0.5) is 11.6 Å². The van der Waals surface area contributed by atoms with Gasteiger partial charge in [0, 0.05) is 0 Å². The molecule has 2 heterocycles. The van der Waals surface area contributed by atoms with Gasteiger partial charge < -0.3 is 26.3 Å². The average Bonchev–Trinajstić information content (AvgIpc) is 2.87. The molecule has 9 heteroatoms. The molecule has 0 saturated heterocycles. The van der Waals surface area contributed by atoms with Crippen LogP contribution in [0.3, 0.4) is 0 Å². The molecule has 0 amide bonds. The number of nitrogens with one attached hydrogen (secondary N) is 1. The van der Waals surface area contributed by atoms with Crippen molar-refractivity contribution < 1.29 is 14.8 Å². The number of hydrogen-bond donors (Lipinski definition) is 5. The minimum Gasteiger partial charge on any atom is -0.467 e. The van der Waals surface area contributed by atoms with E-state index in [1.165, 1.54) is 6.26 Å². The van der Waals surface area contributed by atoms with Crippen LogP contribution >= 0.6 is 0 Å². The zero-order valence-electron chi connectivity index (χ0n) is 9.24. The summed E-state index contributed by atoms with van der Waals surface area (Å²) in [5, 5.41) is 26.7. The van der Waals surface area contributed by atoms with Gasteiger partial charge in [-0.05, 0) is 12.1 Å². The highest BCUT2D eigenvalue weighted by atomic mass is 16.5. The van der Waals surface area contributed by atoms with E-state index in [-0.39, 0.29) is 23.7 Å². The van der Waals surface area contributed by atoms with E-state index in [0.717, 1.165) is 0 Å². The molecule has 0 saturated carbocycles. The van der Waals surface area contributed by atoms with Crippen LogP contribution in [0.15, 0.2) is 27.8 Å². The molecule has 9 nitrogen and oxygen atoms in total. The highest BCUT2D eigenvalue weighted by molar-refractivity contribution is 5.51. The standard InChI is InChI=1S/C9H12N6O3/c10-6-7(11)15(17)9(8(12)14(6)16)13-4-5-2-1-3-18-5/h1-3,12,16-17H,4,10-11H2. The lowest BCUT2D eigenvalue weighted by atomic mass is 10.4. The molecule has 0 atom stereocenters. The highest BCUT2D eigenvalue weighted by Crippen LogP contribution is 2.05. The van der Waals surface area contributed by atoms with Crippen molar-refractivity contribution in [1.82, 2.24) is 9.46 Å². The minimum absolute atomic E-state index is 0.0861. The molecule has 2 aromatic rings. The third kappa shape index (κ3) is 1.77. The Morgan fingerprint density at radius 3 is 2.56 bits per heavy atom. The van der Waals surface area contributed by atoms with Crippen LogP contribution in [0.25, 0.3) is 0 Å². The third-order valence-electron chi connectivity index (χ3n) is 2.31. The second kappa shape index (κ2) is 4.20. The number of nitrogen functional groups attached to an aromatic ring is 2. The molecule has 0 bridgehead atoms. The molecule has 0 aliphatic carbocycles. The number of anilines is 2. The quantitative estimate of drug-likeness (QED) is 0.438. The summed E-state index contributed by atoms with van der Waals surface area (Å²) in [6.07, 6.45) is 1.48. The van der Waals surface area contributed by atoms with Crippen LogP contribution in [0.2, 0.25) is 0 Å². The maximum Gasteiger partial charge on any atom is 0.212 e. The summed E-state index contributed by atoms with van der Waals surface area (Å²) < 4.78 is 5.82. The van der Waals surface area contributed by atoms with Gasteiger partial charge in [-0.25, -0.2) is 0 Å². The van der Waals surface area contributed by atoms with Crippen LogP contribution < -0.4 is 22.4 Å². The number of nitrogens with zero attached hydrogens (tertiary/aromatic N) is 3. The third-order valence-corrected chi connectivity index (χ3v) is 2.31. The van der Waals surface area contributed by atoms with Crippen molar-refractivity contribution in [3.63, 3.8) is 0 Å². The summed E-state index contributed by atoms with van der Waals surface area (Å²) in [6, 6.07) is 3.37. The monoisotopic (exact) mass is 252 g/mol. The van der Waals surface area contributed by atoms with E-state index in [2.05, 4.69) is 4.99 Å². The number of hydrogen-bond acceptors (Lipinski definition) is 7. The Morgan fingerprint density at radius 1 is 1.28 bits per heavy atom. The Kier molecular flexibility index (Phi) is 2.72. The van der Waals surface area contributed by atoms with Gasteiger partial charge in [0.15, 0.2) is 11.6 Å². The summed E-state index contributed by atoms with van der Waals surface area (Å²) in [5.41, 5.74) is 10.1. The van der Waals surface area contributed by atoms with Gasteiger partial charge in [-0.15, -0.1) is 9.46 Å². The van der Waals surface area contributed by atoms with E-state index in [0.29, 0.717) is 15.2 Å². The minimum atomic E-state index is -0.490. The fourth-order valence-corrected chi connectivity index (χ4v) is 1.34. The lowest BCUT2D eigenvalue weighted by molar-refractivity contribution is 0.141. The van der Waals surface area contributed by atoms with E-state index in [1.54, 1.807) is 12.1 Å². The van der Waals surface area contributed by atoms with Gasteiger partial charge in [-0.1, -0.05) is 0 Å². The van der Waals surface area contributed by atoms with Crippen LogP contribution in [-0.2, 0) is 6.54 Å². The van der Waals surface area contributed by atoms with Crippen LogP contribution in [0.5, 0.6) is 0 Å². The second-order valence-corrected chi connectivity index (χ2v) is 3.46. The molecule has 96 valence electrons. The largest absolute Gasteiger partial charge is 0.467 e. The van der Waals surface area contributed by atoms with Crippen molar-refractivity contribution in [3.05, 3.63) is 35.1 Å². The SMILES string of the molecule is N=c1c(=NCc2ccco2)n(O)c(N)c(N)n1O. The first kappa shape index (κ1) is 11.6. The van der Waals surface area contributed by atoms with E-state index < -0.39 is 5.49 Å². The van der Waals surface area contributed by atoms with Gasteiger partial charge in [0.2, 0.25) is 11.0 Å². The molecule has 0 aliphatic heterocycles. The molecule has 18 heavy (non-hydrogen) atoms. The summed E-state index contributed by atoms with van der Waals surface area (Å²) >= 11 is 0. The molecular weight excluding hydrogens is 240 g/mol. The molecule has 0 spiro atoms. The van der Waals surface area contributed by atoms with Gasteiger partial charge in [-0.2, -0.15) is 0 Å². The van der Waals surface area contributed by atoms with Gasteiger partial charge in [0.1, 0.15) is 5.76 Å². The summed E-state index contributed by atoms with van der Waals surface area (Å²) in [6.45, 7) is 0.0861. The molecule has 2 aromatic heterocycles. The van der Waals surface area contributed by atoms with Crippen LogP contribution in [0.1, 0.15) is 5.76 Å². The first-order valence-electron chi connectivity index (χ1n) is 4.91. The van der Waals surface area contributed by atoms with Crippen molar-refractivity contribution in [2.75, 3.05) is 11.5 Å². The maximum atomic E-state index is 9.66. The van der Waals surface area contributed by atoms with Crippen molar-refractivity contribution in [2.45, 2.75) is 6.54 Å². The van der Waals surface area contributed by atoms with Crippen molar-refractivity contribution in [2.24, 2.45) is 4.99 Å². The lowest BCUT2D eigenvalue weighted by Gasteiger charge is -2.09. The normalized spacial score (nSPS) is 11.9. The summed E-state index contributed by atoms with van der Waals surface area (Å²) in [5.74, 6) is -0.125. The molecule has 0 aromatic carbocycles. The lowest BCUT2D eigenvalue weighted by Crippen LogP contribution is -2.43. The van der Waals surface area contributed by atoms with Crippen molar-refractivity contribution in [1.29, 1.82) is 5.41 Å². The van der Waals surface area contributed by atoms with Crippen LogP contribution in [-0.4, -0.2) is 19.9 Å². The summed E-state index contributed by atoms with van der Waals surface area (Å²) in [7, 11) is 0. The fraction of sp³-hybridized carbons (Fsp3) is 0.111. The number of rotatable bonds is 2. The Labute approximate surface area is 100 Å². The molecule has 7 N–H and O–H groups in total. The van der Waals surface area contributed by atoms with E-state index in [9.17, 15) is 10.4 Å². The number of aromatic nitrogens is 2. The molecule has 0 unspecified atom stereocenters. The van der Waals surface area contributed by atoms with Gasteiger partial charge in [-0.3, -0.25) is 10.4 Å². The molecular formula is C9H12N6O3. The first-order chi connectivity index (χ1) is 8.52.